The van der Waals surface area contributed by atoms with Gasteiger partial charge in [0.05, 0.1) is 16.4 Å². The van der Waals surface area contributed by atoms with Gasteiger partial charge in [0.15, 0.2) is 0 Å². The molecule has 0 aliphatic carbocycles. The summed E-state index contributed by atoms with van der Waals surface area (Å²) in [5.74, 6) is -0.333. The molecular weight excluding hydrogens is 398 g/mol. The predicted octanol–water partition coefficient (Wildman–Crippen LogP) is 4.75. The Balaban J connectivity index is 1.84. The minimum absolute atomic E-state index is 0.0365. The van der Waals surface area contributed by atoms with Gasteiger partial charge in [-0.05, 0) is 29.3 Å². The molecule has 0 radical (unpaired) electrons. The van der Waals surface area contributed by atoms with E-state index in [-0.39, 0.29) is 30.4 Å². The summed E-state index contributed by atoms with van der Waals surface area (Å²) in [6.07, 6.45) is 2.92. The van der Waals surface area contributed by atoms with Crippen molar-refractivity contribution in [1.82, 2.24) is 4.90 Å². The SMILES string of the molecule is O=C(/C=C/c1ccc([N+](=O)[O-])cc1)N(Cc1ccccc1)Cc1ccccc1[N+](=O)[O-]. The maximum atomic E-state index is 12.9. The van der Waals surface area contributed by atoms with Crippen molar-refractivity contribution in [2.24, 2.45) is 0 Å². The number of hydrogen-bond acceptors (Lipinski definition) is 5. The Morgan fingerprint density at radius 3 is 2.10 bits per heavy atom. The van der Waals surface area contributed by atoms with Crippen LogP contribution >= 0.6 is 0 Å². The normalized spacial score (nSPS) is 10.7. The molecule has 8 heteroatoms. The minimum Gasteiger partial charge on any atom is -0.330 e. The fourth-order valence-corrected chi connectivity index (χ4v) is 3.02. The van der Waals surface area contributed by atoms with Crippen molar-refractivity contribution in [3.8, 4) is 0 Å². The molecule has 0 aliphatic heterocycles. The lowest BCUT2D eigenvalue weighted by Crippen LogP contribution is -2.28. The van der Waals surface area contributed by atoms with Gasteiger partial charge >= 0.3 is 0 Å². The molecule has 1 amide bonds. The van der Waals surface area contributed by atoms with Gasteiger partial charge in [0, 0.05) is 36.4 Å². The number of carbonyl (C=O) groups is 1. The number of non-ortho nitro benzene ring substituents is 1. The van der Waals surface area contributed by atoms with Crippen LogP contribution in [0, 0.1) is 20.2 Å². The molecule has 0 aliphatic rings. The Hall–Kier alpha value is -4.33. The van der Waals surface area contributed by atoms with Crippen LogP contribution in [0.15, 0.2) is 84.9 Å². The number of hydrogen-bond donors (Lipinski definition) is 0. The summed E-state index contributed by atoms with van der Waals surface area (Å²) in [6.45, 7) is 0.339. The lowest BCUT2D eigenvalue weighted by atomic mass is 10.1. The highest BCUT2D eigenvalue weighted by atomic mass is 16.6. The molecule has 0 atom stereocenters. The van der Waals surface area contributed by atoms with E-state index in [0.29, 0.717) is 11.1 Å². The third-order valence-electron chi connectivity index (χ3n) is 4.60. The Morgan fingerprint density at radius 2 is 1.45 bits per heavy atom. The van der Waals surface area contributed by atoms with Crippen LogP contribution in [0.4, 0.5) is 11.4 Å². The maximum absolute atomic E-state index is 12.9. The molecule has 3 rings (SSSR count). The molecule has 0 unspecified atom stereocenters. The second-order valence-electron chi connectivity index (χ2n) is 6.75. The number of nitrogens with zero attached hydrogens (tertiary/aromatic N) is 3. The van der Waals surface area contributed by atoms with Crippen molar-refractivity contribution in [2.45, 2.75) is 13.1 Å². The van der Waals surface area contributed by atoms with Crippen LogP contribution < -0.4 is 0 Å². The lowest BCUT2D eigenvalue weighted by Gasteiger charge is -2.21. The zero-order valence-corrected chi connectivity index (χ0v) is 16.5. The minimum atomic E-state index is -0.493. The summed E-state index contributed by atoms with van der Waals surface area (Å²) in [5, 5.41) is 22.1. The van der Waals surface area contributed by atoms with Crippen molar-refractivity contribution in [3.05, 3.63) is 122 Å². The molecule has 156 valence electrons. The number of carbonyl (C=O) groups excluding carboxylic acids is 1. The first kappa shape index (κ1) is 21.4. The number of para-hydroxylation sites is 1. The van der Waals surface area contributed by atoms with E-state index in [9.17, 15) is 25.0 Å². The molecule has 8 nitrogen and oxygen atoms in total. The van der Waals surface area contributed by atoms with Gasteiger partial charge in [-0.3, -0.25) is 25.0 Å². The molecule has 0 fully saturated rings. The van der Waals surface area contributed by atoms with E-state index in [2.05, 4.69) is 0 Å². The quantitative estimate of drug-likeness (QED) is 0.299. The predicted molar refractivity (Wildman–Crippen MR) is 116 cm³/mol. The summed E-state index contributed by atoms with van der Waals surface area (Å²) in [4.78, 5) is 35.6. The van der Waals surface area contributed by atoms with E-state index in [1.54, 1.807) is 36.4 Å². The van der Waals surface area contributed by atoms with E-state index in [4.69, 9.17) is 0 Å². The summed E-state index contributed by atoms with van der Waals surface area (Å²) in [7, 11) is 0. The average Bonchev–Trinajstić information content (AvgIpc) is 2.78. The van der Waals surface area contributed by atoms with Gasteiger partial charge in [-0.25, -0.2) is 0 Å². The molecule has 0 aromatic heterocycles. The molecule has 0 saturated carbocycles. The van der Waals surface area contributed by atoms with Gasteiger partial charge in [0.25, 0.3) is 11.4 Å². The molecule has 31 heavy (non-hydrogen) atoms. The van der Waals surface area contributed by atoms with Crippen LogP contribution in [0.3, 0.4) is 0 Å². The number of amides is 1. The van der Waals surface area contributed by atoms with Gasteiger partial charge in [-0.1, -0.05) is 48.5 Å². The van der Waals surface area contributed by atoms with E-state index in [1.807, 2.05) is 30.3 Å². The van der Waals surface area contributed by atoms with Crippen LogP contribution in [0.2, 0.25) is 0 Å². The van der Waals surface area contributed by atoms with Crippen LogP contribution in [-0.4, -0.2) is 20.7 Å². The lowest BCUT2D eigenvalue weighted by molar-refractivity contribution is -0.385. The van der Waals surface area contributed by atoms with Gasteiger partial charge in [0.2, 0.25) is 5.91 Å². The largest absolute Gasteiger partial charge is 0.330 e. The number of nitro benzene ring substituents is 2. The van der Waals surface area contributed by atoms with Gasteiger partial charge in [0.1, 0.15) is 0 Å². The summed E-state index contributed by atoms with van der Waals surface area (Å²) >= 11 is 0. The van der Waals surface area contributed by atoms with Crippen molar-refractivity contribution >= 4 is 23.4 Å². The topological polar surface area (TPSA) is 107 Å². The van der Waals surface area contributed by atoms with Crippen molar-refractivity contribution in [1.29, 1.82) is 0 Å². The number of rotatable bonds is 8. The summed E-state index contributed by atoms with van der Waals surface area (Å²) in [5.41, 5.74) is 1.86. The molecule has 0 heterocycles. The van der Waals surface area contributed by atoms with Crippen molar-refractivity contribution < 1.29 is 14.6 Å². The smallest absolute Gasteiger partial charge is 0.274 e. The zero-order chi connectivity index (χ0) is 22.2. The maximum Gasteiger partial charge on any atom is 0.274 e. The second-order valence-corrected chi connectivity index (χ2v) is 6.75. The third kappa shape index (κ3) is 5.83. The first-order valence-electron chi connectivity index (χ1n) is 9.41. The Morgan fingerprint density at radius 1 is 0.806 bits per heavy atom. The van der Waals surface area contributed by atoms with E-state index >= 15 is 0 Å². The van der Waals surface area contributed by atoms with Crippen LogP contribution in [0.1, 0.15) is 16.7 Å². The molecule has 3 aromatic carbocycles. The fraction of sp³-hybridized carbons (Fsp3) is 0.0870. The van der Waals surface area contributed by atoms with Crippen LogP contribution in [0.25, 0.3) is 6.08 Å². The van der Waals surface area contributed by atoms with Crippen LogP contribution in [0.5, 0.6) is 0 Å². The van der Waals surface area contributed by atoms with E-state index in [1.165, 1.54) is 29.2 Å². The first-order valence-corrected chi connectivity index (χ1v) is 9.41. The molecular formula is C23H19N3O5. The first-order chi connectivity index (χ1) is 14.9. The summed E-state index contributed by atoms with van der Waals surface area (Å²) < 4.78 is 0. The highest BCUT2D eigenvalue weighted by Crippen LogP contribution is 2.21. The zero-order valence-electron chi connectivity index (χ0n) is 16.5. The molecule has 0 bridgehead atoms. The van der Waals surface area contributed by atoms with E-state index in [0.717, 1.165) is 5.56 Å². The Labute approximate surface area is 178 Å². The standard InChI is InChI=1S/C23H19N3O5/c27-23(15-12-18-10-13-21(14-11-18)25(28)29)24(16-19-6-2-1-3-7-19)17-20-8-4-5-9-22(20)26(30)31/h1-15H,16-17H2/b15-12+. The molecule has 0 spiro atoms. The monoisotopic (exact) mass is 417 g/mol. The highest BCUT2D eigenvalue weighted by Gasteiger charge is 2.18. The number of nitro groups is 2. The summed E-state index contributed by atoms with van der Waals surface area (Å²) in [6, 6.07) is 21.5. The van der Waals surface area contributed by atoms with Crippen molar-refractivity contribution in [3.63, 3.8) is 0 Å². The van der Waals surface area contributed by atoms with Crippen molar-refractivity contribution in [2.75, 3.05) is 0 Å². The molecule has 0 saturated heterocycles. The second kappa shape index (κ2) is 9.93. The molecule has 3 aromatic rings. The van der Waals surface area contributed by atoms with E-state index < -0.39 is 9.85 Å². The average molecular weight is 417 g/mol. The Bertz CT molecular complexity index is 1110. The Kier molecular flexibility index (Phi) is 6.85. The van der Waals surface area contributed by atoms with Crippen LogP contribution in [-0.2, 0) is 17.9 Å². The third-order valence-corrected chi connectivity index (χ3v) is 4.60. The van der Waals surface area contributed by atoms with Gasteiger partial charge in [-0.2, -0.15) is 0 Å². The highest BCUT2D eigenvalue weighted by molar-refractivity contribution is 5.91. The van der Waals surface area contributed by atoms with Gasteiger partial charge < -0.3 is 4.90 Å². The number of benzene rings is 3. The molecule has 0 N–H and O–H groups in total. The van der Waals surface area contributed by atoms with Gasteiger partial charge in [-0.15, -0.1) is 0 Å². The fourth-order valence-electron chi connectivity index (χ4n) is 3.02.